The summed E-state index contributed by atoms with van der Waals surface area (Å²) in [6, 6.07) is 25.2. The molecule has 4 heteroatoms. The lowest BCUT2D eigenvalue weighted by Crippen LogP contribution is -2.04. The second-order valence-corrected chi connectivity index (χ2v) is 9.16. The third-order valence-corrected chi connectivity index (χ3v) is 6.86. The Labute approximate surface area is 212 Å². The topological polar surface area (TPSA) is 52.6 Å². The lowest BCUT2D eigenvalue weighted by molar-refractivity contribution is 0.415. The normalized spacial score (nSPS) is 11.7. The molecule has 4 heterocycles. The van der Waals surface area contributed by atoms with Crippen LogP contribution in [0.1, 0.15) is 96.7 Å². The van der Waals surface area contributed by atoms with Crippen LogP contribution in [0.5, 0.6) is 0 Å². The van der Waals surface area contributed by atoms with Crippen molar-refractivity contribution in [1.29, 1.82) is 0 Å². The molecule has 0 aliphatic rings. The van der Waals surface area contributed by atoms with Crippen LogP contribution >= 0.6 is 0 Å². The van der Waals surface area contributed by atoms with Gasteiger partial charge in [0.05, 0.1) is 0 Å². The first-order valence-corrected chi connectivity index (χ1v) is 13.1. The van der Waals surface area contributed by atoms with Crippen LogP contribution in [0.3, 0.4) is 0 Å². The standard InChI is InChI=1S/C32H34O4/c1-5-23-13-17-27(33-23)31(28-18-14-24(6-2)34-28)21-9-11-22(12-10-21)32(29-19-15-25(7-3)35-29)30-20-16-26(8-4)36-30/h9-20,31-32H,5-8H2,1-4H3. The Kier molecular flexibility index (Phi) is 7.04. The average Bonchev–Trinajstić information content (AvgIpc) is 3.73. The number of rotatable bonds is 10. The molecule has 0 amide bonds. The monoisotopic (exact) mass is 482 g/mol. The molecule has 0 fully saturated rings. The first-order chi connectivity index (χ1) is 17.6. The van der Waals surface area contributed by atoms with Crippen molar-refractivity contribution < 1.29 is 17.7 Å². The van der Waals surface area contributed by atoms with Gasteiger partial charge < -0.3 is 17.7 Å². The molecule has 4 aromatic heterocycles. The van der Waals surface area contributed by atoms with Crippen molar-refractivity contribution in [2.45, 2.75) is 65.2 Å². The molecular weight excluding hydrogens is 448 g/mol. The van der Waals surface area contributed by atoms with Crippen molar-refractivity contribution in [1.82, 2.24) is 0 Å². The number of aryl methyl sites for hydroxylation is 4. The minimum atomic E-state index is -0.108. The van der Waals surface area contributed by atoms with Crippen molar-refractivity contribution >= 4 is 0 Å². The van der Waals surface area contributed by atoms with Crippen molar-refractivity contribution in [2.24, 2.45) is 0 Å². The van der Waals surface area contributed by atoms with Crippen molar-refractivity contribution in [2.75, 3.05) is 0 Å². The maximum Gasteiger partial charge on any atom is 0.119 e. The van der Waals surface area contributed by atoms with Crippen LogP contribution in [0.2, 0.25) is 0 Å². The number of hydrogen-bond acceptors (Lipinski definition) is 4. The minimum Gasteiger partial charge on any atom is -0.465 e. The molecule has 0 saturated heterocycles. The average molecular weight is 483 g/mol. The summed E-state index contributed by atoms with van der Waals surface area (Å²) >= 11 is 0. The Morgan fingerprint density at radius 3 is 0.833 bits per heavy atom. The molecule has 0 saturated carbocycles. The predicted octanol–water partition coefficient (Wildman–Crippen LogP) is 8.67. The molecule has 36 heavy (non-hydrogen) atoms. The Balaban J connectivity index is 1.55. The fourth-order valence-corrected chi connectivity index (χ4v) is 4.78. The lowest BCUT2D eigenvalue weighted by Gasteiger charge is -2.17. The van der Waals surface area contributed by atoms with Crippen molar-refractivity contribution in [3.05, 3.63) is 130 Å². The van der Waals surface area contributed by atoms with Crippen LogP contribution in [-0.2, 0) is 25.7 Å². The Morgan fingerprint density at radius 1 is 0.389 bits per heavy atom. The zero-order valence-electron chi connectivity index (χ0n) is 21.5. The van der Waals surface area contributed by atoms with Gasteiger partial charge in [0, 0.05) is 25.7 Å². The van der Waals surface area contributed by atoms with Gasteiger partial charge in [-0.1, -0.05) is 52.0 Å². The molecule has 0 atom stereocenters. The highest BCUT2D eigenvalue weighted by Gasteiger charge is 2.27. The summed E-state index contributed by atoms with van der Waals surface area (Å²) < 4.78 is 24.8. The zero-order chi connectivity index (χ0) is 25.1. The van der Waals surface area contributed by atoms with Gasteiger partial charge in [0.15, 0.2) is 0 Å². The molecule has 0 aliphatic carbocycles. The first kappa shape index (κ1) is 24.1. The number of benzene rings is 1. The molecule has 0 radical (unpaired) electrons. The molecule has 5 aromatic rings. The highest BCUT2D eigenvalue weighted by Crippen LogP contribution is 2.38. The molecule has 0 unspecified atom stereocenters. The van der Waals surface area contributed by atoms with Crippen molar-refractivity contribution in [3.8, 4) is 0 Å². The molecule has 5 rings (SSSR count). The van der Waals surface area contributed by atoms with Gasteiger partial charge in [0.25, 0.3) is 0 Å². The maximum absolute atomic E-state index is 6.20. The second-order valence-electron chi connectivity index (χ2n) is 9.16. The summed E-state index contributed by atoms with van der Waals surface area (Å²) in [5.74, 6) is 7.26. The van der Waals surface area contributed by atoms with Gasteiger partial charge in [-0.15, -0.1) is 0 Å². The maximum atomic E-state index is 6.20. The lowest BCUT2D eigenvalue weighted by atomic mass is 9.89. The molecular formula is C32H34O4. The van der Waals surface area contributed by atoms with Gasteiger partial charge in [-0.05, 0) is 59.7 Å². The molecule has 0 bridgehead atoms. The smallest absolute Gasteiger partial charge is 0.119 e. The molecule has 186 valence electrons. The quantitative estimate of drug-likeness (QED) is 0.200. The van der Waals surface area contributed by atoms with E-state index in [1.807, 2.05) is 0 Å². The summed E-state index contributed by atoms with van der Waals surface area (Å²) in [7, 11) is 0. The number of furan rings is 4. The van der Waals surface area contributed by atoms with E-state index in [1.54, 1.807) is 0 Å². The van der Waals surface area contributed by atoms with Gasteiger partial charge in [-0.2, -0.15) is 0 Å². The van der Waals surface area contributed by atoms with E-state index in [-0.39, 0.29) is 11.8 Å². The zero-order valence-corrected chi connectivity index (χ0v) is 21.5. The fourth-order valence-electron chi connectivity index (χ4n) is 4.78. The van der Waals surface area contributed by atoms with Crippen molar-refractivity contribution in [3.63, 3.8) is 0 Å². The summed E-state index contributed by atoms with van der Waals surface area (Å²) in [6.45, 7) is 8.41. The van der Waals surface area contributed by atoms with E-state index in [4.69, 9.17) is 17.7 Å². The predicted molar refractivity (Wildman–Crippen MR) is 141 cm³/mol. The minimum absolute atomic E-state index is 0.108. The van der Waals surface area contributed by atoms with E-state index in [1.165, 1.54) is 0 Å². The van der Waals surface area contributed by atoms with Gasteiger partial charge in [0.2, 0.25) is 0 Å². The van der Waals surface area contributed by atoms with Crippen LogP contribution in [0, 0.1) is 0 Å². The molecule has 0 spiro atoms. The largest absolute Gasteiger partial charge is 0.465 e. The van der Waals surface area contributed by atoms with Gasteiger partial charge in [-0.25, -0.2) is 0 Å². The third kappa shape index (κ3) is 4.73. The van der Waals surface area contributed by atoms with Crippen LogP contribution in [0.15, 0.2) is 90.5 Å². The molecule has 0 aliphatic heterocycles. The van der Waals surface area contributed by atoms with Gasteiger partial charge >= 0.3 is 0 Å². The van der Waals surface area contributed by atoms with E-state index >= 15 is 0 Å². The van der Waals surface area contributed by atoms with Crippen LogP contribution in [0.25, 0.3) is 0 Å². The van der Waals surface area contributed by atoms with E-state index < -0.39 is 0 Å². The Bertz CT molecular complexity index is 1200. The third-order valence-electron chi connectivity index (χ3n) is 6.86. The second kappa shape index (κ2) is 10.5. The summed E-state index contributed by atoms with van der Waals surface area (Å²) in [4.78, 5) is 0. The SMILES string of the molecule is CCc1ccc(C(c2ccc(C(c3ccc(CC)o3)c3ccc(CC)o3)cc2)c2ccc(CC)o2)o1. The summed E-state index contributed by atoms with van der Waals surface area (Å²) in [5, 5.41) is 0. The van der Waals surface area contributed by atoms with E-state index in [2.05, 4.69) is 100 Å². The number of hydrogen-bond donors (Lipinski definition) is 0. The van der Waals surface area contributed by atoms with E-state index in [0.29, 0.717) is 0 Å². The van der Waals surface area contributed by atoms with E-state index in [0.717, 1.165) is 82.9 Å². The fraction of sp³-hybridized carbons (Fsp3) is 0.312. The molecule has 1 aromatic carbocycles. The van der Waals surface area contributed by atoms with Crippen LogP contribution in [-0.4, -0.2) is 0 Å². The summed E-state index contributed by atoms with van der Waals surface area (Å²) in [5.41, 5.74) is 2.24. The Hall–Kier alpha value is -3.66. The summed E-state index contributed by atoms with van der Waals surface area (Å²) in [6.07, 6.45) is 3.43. The van der Waals surface area contributed by atoms with E-state index in [9.17, 15) is 0 Å². The molecule has 4 nitrogen and oxygen atoms in total. The highest BCUT2D eigenvalue weighted by atomic mass is 16.4. The highest BCUT2D eigenvalue weighted by molar-refractivity contribution is 5.42. The Morgan fingerprint density at radius 2 is 0.639 bits per heavy atom. The van der Waals surface area contributed by atoms with Crippen LogP contribution in [0.4, 0.5) is 0 Å². The van der Waals surface area contributed by atoms with Crippen LogP contribution < -0.4 is 0 Å². The first-order valence-electron chi connectivity index (χ1n) is 13.1. The van der Waals surface area contributed by atoms with Gasteiger partial charge in [0.1, 0.15) is 57.9 Å². The van der Waals surface area contributed by atoms with Gasteiger partial charge in [-0.3, -0.25) is 0 Å². The molecule has 0 N–H and O–H groups in total.